The van der Waals surface area contributed by atoms with Crippen LogP contribution in [0.1, 0.15) is 30.3 Å². The van der Waals surface area contributed by atoms with E-state index in [1.807, 2.05) is 22.7 Å². The third-order valence-corrected chi connectivity index (χ3v) is 5.23. The second kappa shape index (κ2) is 8.38. The SMILES string of the molecule is Cn1ccnc1C(NC(=O)C1CCCN(c2ncccn2)C1)c1ccc(F)cc1. The van der Waals surface area contributed by atoms with E-state index in [0.29, 0.717) is 18.3 Å². The van der Waals surface area contributed by atoms with Crippen LogP contribution in [0.5, 0.6) is 0 Å². The van der Waals surface area contributed by atoms with Gasteiger partial charge >= 0.3 is 0 Å². The Labute approximate surface area is 168 Å². The molecule has 3 aromatic rings. The maximum Gasteiger partial charge on any atom is 0.225 e. The molecule has 3 heterocycles. The van der Waals surface area contributed by atoms with E-state index in [0.717, 1.165) is 24.9 Å². The number of aromatic nitrogens is 4. The monoisotopic (exact) mass is 394 g/mol. The zero-order valence-electron chi connectivity index (χ0n) is 16.2. The number of piperidine rings is 1. The molecule has 1 aromatic carbocycles. The summed E-state index contributed by atoms with van der Waals surface area (Å²) >= 11 is 0. The largest absolute Gasteiger partial charge is 0.342 e. The molecule has 2 aromatic heterocycles. The number of hydrogen-bond acceptors (Lipinski definition) is 5. The van der Waals surface area contributed by atoms with Crippen LogP contribution in [-0.4, -0.2) is 38.5 Å². The highest BCUT2D eigenvalue weighted by Crippen LogP contribution is 2.24. The number of aryl methyl sites for hydroxylation is 1. The second-order valence-corrected chi connectivity index (χ2v) is 7.22. The first kappa shape index (κ1) is 19.0. The molecule has 29 heavy (non-hydrogen) atoms. The van der Waals surface area contributed by atoms with Gasteiger partial charge in [-0.3, -0.25) is 4.79 Å². The van der Waals surface area contributed by atoms with Crippen molar-refractivity contribution >= 4 is 11.9 Å². The predicted octanol–water partition coefficient (Wildman–Crippen LogP) is 2.47. The van der Waals surface area contributed by atoms with Crippen molar-refractivity contribution in [1.29, 1.82) is 0 Å². The zero-order valence-corrected chi connectivity index (χ0v) is 16.2. The van der Waals surface area contributed by atoms with Crippen molar-refractivity contribution in [3.63, 3.8) is 0 Å². The molecule has 2 atom stereocenters. The van der Waals surface area contributed by atoms with Gasteiger partial charge in [0.15, 0.2) is 0 Å². The Balaban J connectivity index is 1.53. The van der Waals surface area contributed by atoms with Gasteiger partial charge in [0, 0.05) is 44.9 Å². The Hall–Kier alpha value is -3.29. The molecule has 0 bridgehead atoms. The maximum atomic E-state index is 13.4. The van der Waals surface area contributed by atoms with Crippen LogP contribution in [0, 0.1) is 11.7 Å². The van der Waals surface area contributed by atoms with Crippen LogP contribution < -0.4 is 10.2 Å². The predicted molar refractivity (Wildman–Crippen MR) is 107 cm³/mol. The molecule has 1 aliphatic heterocycles. The van der Waals surface area contributed by atoms with Crippen LogP contribution >= 0.6 is 0 Å². The summed E-state index contributed by atoms with van der Waals surface area (Å²) in [6.07, 6.45) is 8.61. The van der Waals surface area contributed by atoms with Gasteiger partial charge in [0.2, 0.25) is 11.9 Å². The lowest BCUT2D eigenvalue weighted by Gasteiger charge is -2.32. The highest BCUT2D eigenvalue weighted by Gasteiger charge is 2.30. The number of hydrogen-bond donors (Lipinski definition) is 1. The van der Waals surface area contributed by atoms with Gasteiger partial charge in [-0.15, -0.1) is 0 Å². The van der Waals surface area contributed by atoms with Gasteiger partial charge in [0.1, 0.15) is 17.7 Å². The van der Waals surface area contributed by atoms with Crippen molar-refractivity contribution in [2.24, 2.45) is 13.0 Å². The maximum absolute atomic E-state index is 13.4. The molecule has 0 saturated carbocycles. The first-order chi connectivity index (χ1) is 14.1. The third kappa shape index (κ3) is 4.26. The van der Waals surface area contributed by atoms with Crippen LogP contribution in [0.3, 0.4) is 0 Å². The molecule has 8 heteroatoms. The number of nitrogens with zero attached hydrogens (tertiary/aromatic N) is 5. The molecule has 1 aliphatic rings. The number of carbonyl (C=O) groups is 1. The van der Waals surface area contributed by atoms with Gasteiger partial charge in [-0.2, -0.15) is 0 Å². The number of amides is 1. The van der Waals surface area contributed by atoms with Gasteiger partial charge in [-0.1, -0.05) is 12.1 Å². The number of rotatable bonds is 5. The van der Waals surface area contributed by atoms with E-state index in [4.69, 9.17) is 0 Å². The summed E-state index contributed by atoms with van der Waals surface area (Å²) in [5, 5.41) is 3.13. The molecule has 0 radical (unpaired) electrons. The van der Waals surface area contributed by atoms with Crippen molar-refractivity contribution < 1.29 is 9.18 Å². The first-order valence-electron chi connectivity index (χ1n) is 9.67. The first-order valence-corrected chi connectivity index (χ1v) is 9.67. The molecule has 2 unspecified atom stereocenters. The molecular formula is C21H23FN6O. The summed E-state index contributed by atoms with van der Waals surface area (Å²) in [5.41, 5.74) is 0.785. The Morgan fingerprint density at radius 1 is 1.17 bits per heavy atom. The third-order valence-electron chi connectivity index (χ3n) is 5.23. The average molecular weight is 394 g/mol. The van der Waals surface area contributed by atoms with E-state index in [9.17, 15) is 9.18 Å². The van der Waals surface area contributed by atoms with Crippen molar-refractivity contribution in [2.45, 2.75) is 18.9 Å². The number of carbonyl (C=O) groups excluding carboxylic acids is 1. The highest BCUT2D eigenvalue weighted by atomic mass is 19.1. The Kier molecular flexibility index (Phi) is 5.50. The van der Waals surface area contributed by atoms with Crippen LogP contribution in [0.15, 0.2) is 55.1 Å². The molecule has 0 aliphatic carbocycles. The molecular weight excluding hydrogens is 371 g/mol. The molecule has 1 saturated heterocycles. The van der Waals surface area contributed by atoms with Gasteiger partial charge in [-0.05, 0) is 36.6 Å². The molecule has 150 valence electrons. The fourth-order valence-electron chi connectivity index (χ4n) is 3.69. The van der Waals surface area contributed by atoms with E-state index in [1.54, 1.807) is 36.8 Å². The van der Waals surface area contributed by atoms with E-state index in [2.05, 4.69) is 20.3 Å². The smallest absolute Gasteiger partial charge is 0.225 e. The Morgan fingerprint density at radius 2 is 1.93 bits per heavy atom. The fourth-order valence-corrected chi connectivity index (χ4v) is 3.69. The van der Waals surface area contributed by atoms with E-state index >= 15 is 0 Å². The highest BCUT2D eigenvalue weighted by molar-refractivity contribution is 5.80. The number of nitrogens with one attached hydrogen (secondary N) is 1. The van der Waals surface area contributed by atoms with Crippen molar-refractivity contribution in [1.82, 2.24) is 24.8 Å². The van der Waals surface area contributed by atoms with Gasteiger partial charge in [0.05, 0.1) is 5.92 Å². The number of halogens is 1. The summed E-state index contributed by atoms with van der Waals surface area (Å²) in [5.74, 6) is 0.788. The second-order valence-electron chi connectivity index (χ2n) is 7.22. The normalized spacial score (nSPS) is 17.7. The quantitative estimate of drug-likeness (QED) is 0.720. The topological polar surface area (TPSA) is 75.9 Å². The van der Waals surface area contributed by atoms with E-state index in [1.165, 1.54) is 12.1 Å². The van der Waals surface area contributed by atoms with Crippen LogP contribution in [0.2, 0.25) is 0 Å². The van der Waals surface area contributed by atoms with Crippen LogP contribution in [0.4, 0.5) is 10.3 Å². The summed E-state index contributed by atoms with van der Waals surface area (Å²) < 4.78 is 15.3. The fraction of sp³-hybridized carbons (Fsp3) is 0.333. The number of imidazole rings is 1. The summed E-state index contributed by atoms with van der Waals surface area (Å²) in [4.78, 5) is 28.2. The lowest BCUT2D eigenvalue weighted by Crippen LogP contribution is -2.45. The molecule has 0 spiro atoms. The van der Waals surface area contributed by atoms with Gasteiger partial charge < -0.3 is 14.8 Å². The summed E-state index contributed by atoms with van der Waals surface area (Å²) in [7, 11) is 1.88. The minimum Gasteiger partial charge on any atom is -0.342 e. The Morgan fingerprint density at radius 3 is 2.62 bits per heavy atom. The van der Waals surface area contributed by atoms with Crippen LogP contribution in [-0.2, 0) is 11.8 Å². The van der Waals surface area contributed by atoms with E-state index < -0.39 is 6.04 Å². The van der Waals surface area contributed by atoms with E-state index in [-0.39, 0.29) is 17.6 Å². The van der Waals surface area contributed by atoms with Crippen molar-refractivity contribution in [2.75, 3.05) is 18.0 Å². The molecule has 7 nitrogen and oxygen atoms in total. The minimum atomic E-state index is -0.452. The van der Waals surface area contributed by atoms with Crippen molar-refractivity contribution in [3.8, 4) is 0 Å². The summed E-state index contributed by atoms with van der Waals surface area (Å²) in [6.45, 7) is 1.39. The average Bonchev–Trinajstić information content (AvgIpc) is 3.19. The lowest BCUT2D eigenvalue weighted by molar-refractivity contribution is -0.125. The molecule has 4 rings (SSSR count). The molecule has 1 N–H and O–H groups in total. The van der Waals surface area contributed by atoms with Crippen molar-refractivity contribution in [3.05, 3.63) is 72.3 Å². The molecule has 1 amide bonds. The zero-order chi connectivity index (χ0) is 20.2. The van der Waals surface area contributed by atoms with Gasteiger partial charge in [-0.25, -0.2) is 19.3 Å². The number of anilines is 1. The standard InChI is InChI=1S/C21H23FN6O/c1-27-13-11-23-19(27)18(15-5-7-17(22)8-6-15)26-20(29)16-4-2-12-28(14-16)21-24-9-3-10-25-21/h3,5-11,13,16,18H,2,4,12,14H2,1H3,(H,26,29). The van der Waals surface area contributed by atoms with Crippen LogP contribution in [0.25, 0.3) is 0 Å². The summed E-state index contributed by atoms with van der Waals surface area (Å²) in [6, 6.07) is 7.47. The molecule has 1 fully saturated rings. The lowest BCUT2D eigenvalue weighted by atomic mass is 9.96. The van der Waals surface area contributed by atoms with Gasteiger partial charge in [0.25, 0.3) is 0 Å². The minimum absolute atomic E-state index is 0.0528. The number of benzene rings is 1. The Bertz CT molecular complexity index is 959.